The van der Waals surface area contributed by atoms with Crippen molar-refractivity contribution in [1.82, 2.24) is 5.01 Å². The van der Waals surface area contributed by atoms with Gasteiger partial charge in [0.2, 0.25) is 11.8 Å². The van der Waals surface area contributed by atoms with Crippen LogP contribution in [0, 0.1) is 42.3 Å². The van der Waals surface area contributed by atoms with Gasteiger partial charge in [0.25, 0.3) is 11.8 Å². The fraction of sp³-hybridized carbons (Fsp3) is 0.238. The van der Waals surface area contributed by atoms with E-state index in [1.807, 2.05) is 19.1 Å². The lowest BCUT2D eigenvalue weighted by Gasteiger charge is -2.49. The Morgan fingerprint density at radius 3 is 2.35 bits per heavy atom. The van der Waals surface area contributed by atoms with E-state index in [1.54, 1.807) is 60.7 Å². The number of nitrogens with zero attached hydrogens (tertiary/aromatic N) is 2. The molecule has 54 heavy (non-hydrogen) atoms. The van der Waals surface area contributed by atoms with Crippen LogP contribution in [0.2, 0.25) is 10.0 Å². The van der Waals surface area contributed by atoms with E-state index in [1.165, 1.54) is 42.3 Å². The minimum atomic E-state index is -1.52. The first-order valence-electron chi connectivity index (χ1n) is 17.5. The summed E-state index contributed by atoms with van der Waals surface area (Å²) < 4.78 is 19.2. The number of hydrogen-bond acceptors (Lipinski definition) is 7. The lowest BCUT2D eigenvalue weighted by molar-refractivity contribution is -0.139. The molecule has 4 aliphatic rings. The number of allylic oxidation sites excluding steroid dienone is 3. The molecule has 4 aromatic rings. The average molecular weight is 767 g/mol. The van der Waals surface area contributed by atoms with Crippen molar-refractivity contribution < 1.29 is 33.4 Å². The predicted octanol–water partition coefficient (Wildman–Crippen LogP) is 7.89. The molecule has 8 rings (SSSR count). The molecule has 2 saturated heterocycles. The molecule has 2 heterocycles. The molecule has 2 N–H and O–H groups in total. The van der Waals surface area contributed by atoms with Crippen LogP contribution < -0.4 is 15.1 Å². The molecular weight excluding hydrogens is 732 g/mol. The third kappa shape index (κ3) is 5.50. The second kappa shape index (κ2) is 13.4. The number of halogens is 3. The van der Waals surface area contributed by atoms with Gasteiger partial charge in [-0.1, -0.05) is 71.3 Å². The normalized spacial score (nSPS) is 26.2. The monoisotopic (exact) mass is 765 g/mol. The zero-order valence-electron chi connectivity index (χ0n) is 29.1. The Morgan fingerprint density at radius 1 is 0.907 bits per heavy atom. The first-order chi connectivity index (χ1) is 25.9. The summed E-state index contributed by atoms with van der Waals surface area (Å²) in [6.07, 6.45) is 5.96. The van der Waals surface area contributed by atoms with Gasteiger partial charge in [0.15, 0.2) is 11.5 Å². The molecule has 4 amide bonds. The summed E-state index contributed by atoms with van der Waals surface area (Å²) in [5.74, 6) is -5.90. The van der Waals surface area contributed by atoms with Crippen LogP contribution in [0.1, 0.15) is 29.5 Å². The van der Waals surface area contributed by atoms with Gasteiger partial charge in [0, 0.05) is 16.0 Å². The number of methoxy groups -OCH3 is 1. The number of hydrogen-bond donors (Lipinski definition) is 2. The zero-order chi connectivity index (χ0) is 38.1. The number of nitrogens with one attached hydrogen (secondary N) is 1. The van der Waals surface area contributed by atoms with Crippen molar-refractivity contribution in [2.45, 2.75) is 25.2 Å². The smallest absolute Gasteiger partial charge is 0.260 e. The third-order valence-corrected chi connectivity index (χ3v) is 12.1. The number of fused-ring (bicyclic) bond motifs is 4. The Labute approximate surface area is 320 Å². The lowest BCUT2D eigenvalue weighted by Crippen LogP contribution is -2.54. The van der Waals surface area contributed by atoms with E-state index < -0.39 is 52.6 Å². The molecule has 12 heteroatoms. The number of hydrazine groups is 1. The van der Waals surface area contributed by atoms with Gasteiger partial charge >= 0.3 is 0 Å². The van der Waals surface area contributed by atoms with Crippen molar-refractivity contribution in [3.63, 3.8) is 0 Å². The fourth-order valence-electron chi connectivity index (χ4n) is 8.88. The predicted molar refractivity (Wildman–Crippen MR) is 202 cm³/mol. The Morgan fingerprint density at radius 2 is 1.65 bits per heavy atom. The molecule has 0 aromatic heterocycles. The number of phenolic OH excluding ortho intramolecular Hbond substituents is 1. The van der Waals surface area contributed by atoms with E-state index in [9.17, 15) is 23.9 Å². The minimum absolute atomic E-state index is 0.0472. The van der Waals surface area contributed by atoms with Crippen molar-refractivity contribution in [2.24, 2.45) is 29.6 Å². The van der Waals surface area contributed by atoms with Crippen molar-refractivity contribution >= 4 is 64.3 Å². The molecule has 6 atom stereocenters. The van der Waals surface area contributed by atoms with Gasteiger partial charge in [-0.15, -0.1) is 0 Å². The highest BCUT2D eigenvalue weighted by Gasteiger charge is 2.69. The SMILES string of the molecule is COc1cc(C=CC2C3=CCC4C(=O)N(c5ccc(C)c(Cl)c5)C(=O)C4C3CC3C(=O)N(Nc4ccc(F)cc4)C(=O)C23c2ccc(Cl)cc2)ccc1O. The highest BCUT2D eigenvalue weighted by molar-refractivity contribution is 6.32. The summed E-state index contributed by atoms with van der Waals surface area (Å²) in [6, 6.07) is 22.1. The maximum Gasteiger partial charge on any atom is 0.260 e. The zero-order valence-corrected chi connectivity index (χ0v) is 30.6. The molecule has 1 saturated carbocycles. The number of amides is 4. The summed E-state index contributed by atoms with van der Waals surface area (Å²) in [5, 5.41) is 12.1. The summed E-state index contributed by atoms with van der Waals surface area (Å²) in [4.78, 5) is 59.7. The van der Waals surface area contributed by atoms with E-state index in [0.717, 1.165) is 16.1 Å². The van der Waals surface area contributed by atoms with E-state index in [4.69, 9.17) is 27.9 Å². The van der Waals surface area contributed by atoms with Gasteiger partial charge in [-0.25, -0.2) is 9.29 Å². The Kier molecular flexibility index (Phi) is 8.86. The molecule has 4 aromatic carbocycles. The minimum Gasteiger partial charge on any atom is -0.504 e. The molecule has 9 nitrogen and oxygen atoms in total. The molecule has 0 radical (unpaired) electrons. The summed E-state index contributed by atoms with van der Waals surface area (Å²) >= 11 is 12.8. The Hall–Kier alpha value is -5.45. The molecule has 0 bridgehead atoms. The maximum atomic E-state index is 15.2. The van der Waals surface area contributed by atoms with Gasteiger partial charge < -0.3 is 9.84 Å². The summed E-state index contributed by atoms with van der Waals surface area (Å²) in [7, 11) is 1.44. The van der Waals surface area contributed by atoms with Crippen LogP contribution in [0.25, 0.3) is 6.08 Å². The second-order valence-electron chi connectivity index (χ2n) is 14.2. The van der Waals surface area contributed by atoms with E-state index in [0.29, 0.717) is 32.5 Å². The summed E-state index contributed by atoms with van der Waals surface area (Å²) in [6.45, 7) is 1.83. The number of benzene rings is 4. The van der Waals surface area contributed by atoms with Crippen LogP contribution in [0.4, 0.5) is 15.8 Å². The third-order valence-electron chi connectivity index (χ3n) is 11.4. The first-order valence-corrected chi connectivity index (χ1v) is 18.3. The number of aromatic hydroxyl groups is 1. The largest absolute Gasteiger partial charge is 0.504 e. The van der Waals surface area contributed by atoms with Crippen LogP contribution >= 0.6 is 23.2 Å². The van der Waals surface area contributed by atoms with Crippen molar-refractivity contribution in [1.29, 1.82) is 0 Å². The van der Waals surface area contributed by atoms with Gasteiger partial charge in [-0.05, 0) is 103 Å². The molecule has 0 spiro atoms. The number of phenols is 1. The number of anilines is 2. The highest BCUT2D eigenvalue weighted by Crippen LogP contribution is 2.61. The van der Waals surface area contributed by atoms with E-state index in [-0.39, 0.29) is 36.2 Å². The molecule has 2 aliphatic heterocycles. The van der Waals surface area contributed by atoms with Crippen molar-refractivity contribution in [3.05, 3.63) is 135 Å². The topological polar surface area (TPSA) is 116 Å². The van der Waals surface area contributed by atoms with E-state index >= 15 is 4.79 Å². The van der Waals surface area contributed by atoms with Crippen LogP contribution in [0.15, 0.2) is 103 Å². The average Bonchev–Trinajstić information content (AvgIpc) is 3.54. The molecular formula is C42H34Cl2FN3O6. The first kappa shape index (κ1) is 35.6. The molecule has 6 unspecified atom stereocenters. The second-order valence-corrected chi connectivity index (χ2v) is 15.0. The van der Waals surface area contributed by atoms with Crippen LogP contribution in [0.5, 0.6) is 11.5 Å². The Balaban J connectivity index is 1.30. The molecule has 3 fully saturated rings. The van der Waals surface area contributed by atoms with Crippen LogP contribution in [-0.4, -0.2) is 40.9 Å². The number of ether oxygens (including phenoxy) is 1. The Bertz CT molecular complexity index is 2290. The quantitative estimate of drug-likeness (QED) is 0.145. The number of rotatable bonds is 7. The maximum absolute atomic E-state index is 15.2. The lowest BCUT2D eigenvalue weighted by atomic mass is 9.50. The number of aryl methyl sites for hydroxylation is 1. The standard InChI is InChI=1S/C42H34Cl2FN3O6/c1-22-3-14-28(20-34(22)44)47-38(50)30-16-15-29-31(37(30)40(47)52)21-33-39(51)48(46-27-12-10-26(45)11-13-27)41(53)42(33,24-6-8-25(43)9-7-24)32(29)17-4-23-5-18-35(49)36(19-23)54-2/h3-15,17-20,30-33,37,46,49H,16,21H2,1-2H3. The number of imide groups is 2. The van der Waals surface area contributed by atoms with Crippen LogP contribution in [0.3, 0.4) is 0 Å². The van der Waals surface area contributed by atoms with Crippen molar-refractivity contribution in [3.8, 4) is 11.5 Å². The molecule has 2 aliphatic carbocycles. The fourth-order valence-corrected chi connectivity index (χ4v) is 9.18. The van der Waals surface area contributed by atoms with Gasteiger partial charge in [-0.3, -0.25) is 24.6 Å². The highest BCUT2D eigenvalue weighted by atomic mass is 35.5. The summed E-state index contributed by atoms with van der Waals surface area (Å²) in [5.41, 5.74) is 4.88. The van der Waals surface area contributed by atoms with Crippen LogP contribution in [-0.2, 0) is 24.6 Å². The van der Waals surface area contributed by atoms with Gasteiger partial charge in [0.1, 0.15) is 5.82 Å². The van der Waals surface area contributed by atoms with Crippen molar-refractivity contribution in [2.75, 3.05) is 17.4 Å². The molecule has 274 valence electrons. The number of carbonyl (C=O) groups excluding carboxylic acids is 4. The van der Waals surface area contributed by atoms with Gasteiger partial charge in [0.05, 0.1) is 41.7 Å². The van der Waals surface area contributed by atoms with E-state index in [2.05, 4.69) is 5.43 Å². The number of carbonyl (C=O) groups is 4. The van der Waals surface area contributed by atoms with Gasteiger partial charge in [-0.2, -0.15) is 5.01 Å².